The van der Waals surface area contributed by atoms with Crippen molar-refractivity contribution >= 4 is 6.09 Å². The van der Waals surface area contributed by atoms with Crippen LogP contribution in [0.5, 0.6) is 5.75 Å². The highest BCUT2D eigenvalue weighted by atomic mass is 16.6. The number of carbonyl (C=O) groups is 1. The number of ether oxygens (including phenoxy) is 2. The van der Waals surface area contributed by atoms with Crippen molar-refractivity contribution in [2.45, 2.75) is 32.9 Å². The highest BCUT2D eigenvalue weighted by Gasteiger charge is 2.25. The monoisotopic (exact) mass is 330 g/mol. The number of hydrogen-bond acceptors (Lipinski definition) is 4. The van der Waals surface area contributed by atoms with E-state index < -0.39 is 5.60 Å². The van der Waals surface area contributed by atoms with Crippen LogP contribution >= 0.6 is 0 Å². The van der Waals surface area contributed by atoms with Crippen LogP contribution in [0.2, 0.25) is 0 Å². The second kappa shape index (κ2) is 8.07. The van der Waals surface area contributed by atoms with Crippen LogP contribution in [0, 0.1) is 12.3 Å². The van der Waals surface area contributed by atoms with Crippen molar-refractivity contribution in [2.75, 3.05) is 32.8 Å². The molecule has 1 aliphatic heterocycles. The highest BCUT2D eigenvalue weighted by Crippen LogP contribution is 2.16. The van der Waals surface area contributed by atoms with E-state index in [0.29, 0.717) is 13.1 Å². The lowest BCUT2D eigenvalue weighted by Crippen LogP contribution is -2.49. The summed E-state index contributed by atoms with van der Waals surface area (Å²) in [5, 5.41) is 0. The van der Waals surface area contributed by atoms with Gasteiger partial charge in [-0.05, 0) is 38.5 Å². The number of piperazine rings is 1. The number of amides is 1. The molecule has 1 aliphatic rings. The van der Waals surface area contributed by atoms with E-state index in [9.17, 15) is 4.79 Å². The van der Waals surface area contributed by atoms with Gasteiger partial charge in [0.05, 0.1) is 0 Å². The molecule has 1 amide bonds. The summed E-state index contributed by atoms with van der Waals surface area (Å²) in [5.74, 6) is 3.23. The molecule has 1 saturated heterocycles. The van der Waals surface area contributed by atoms with Crippen molar-refractivity contribution in [3.05, 3.63) is 29.8 Å². The normalized spacial score (nSPS) is 15.7. The van der Waals surface area contributed by atoms with Crippen molar-refractivity contribution in [1.82, 2.24) is 9.80 Å². The van der Waals surface area contributed by atoms with Crippen molar-refractivity contribution < 1.29 is 14.3 Å². The van der Waals surface area contributed by atoms with Gasteiger partial charge in [-0.15, -0.1) is 6.42 Å². The van der Waals surface area contributed by atoms with Gasteiger partial charge in [0.25, 0.3) is 0 Å². The van der Waals surface area contributed by atoms with Crippen molar-refractivity contribution in [3.8, 4) is 18.1 Å². The van der Waals surface area contributed by atoms with Crippen LogP contribution < -0.4 is 4.74 Å². The Morgan fingerprint density at radius 1 is 1.17 bits per heavy atom. The molecule has 5 nitrogen and oxygen atoms in total. The molecule has 5 heteroatoms. The van der Waals surface area contributed by atoms with E-state index in [1.807, 2.05) is 45.0 Å². The zero-order valence-electron chi connectivity index (χ0n) is 14.7. The van der Waals surface area contributed by atoms with Crippen LogP contribution in [0.25, 0.3) is 0 Å². The Bertz CT molecular complexity index is 576. The van der Waals surface area contributed by atoms with Crippen LogP contribution in [0.15, 0.2) is 24.3 Å². The van der Waals surface area contributed by atoms with Gasteiger partial charge in [-0.3, -0.25) is 4.90 Å². The Balaban J connectivity index is 1.78. The van der Waals surface area contributed by atoms with Gasteiger partial charge in [-0.25, -0.2) is 4.79 Å². The molecule has 1 aromatic carbocycles. The molecule has 0 aromatic heterocycles. The third kappa shape index (κ3) is 5.78. The molecule has 1 heterocycles. The van der Waals surface area contributed by atoms with Crippen LogP contribution in [-0.4, -0.2) is 54.3 Å². The third-order valence-corrected chi connectivity index (χ3v) is 3.68. The molecule has 0 bridgehead atoms. The molecule has 0 aliphatic carbocycles. The first kappa shape index (κ1) is 18.2. The molecule has 1 aromatic rings. The van der Waals surface area contributed by atoms with Gasteiger partial charge in [0, 0.05) is 32.7 Å². The molecule has 2 rings (SSSR count). The third-order valence-electron chi connectivity index (χ3n) is 3.68. The van der Waals surface area contributed by atoms with Crippen LogP contribution in [0.1, 0.15) is 26.3 Å². The Labute approximate surface area is 144 Å². The number of nitrogens with zero attached hydrogens (tertiary/aromatic N) is 2. The highest BCUT2D eigenvalue weighted by molar-refractivity contribution is 5.68. The van der Waals surface area contributed by atoms with E-state index >= 15 is 0 Å². The summed E-state index contributed by atoms with van der Waals surface area (Å²) in [6, 6.07) is 7.96. The lowest BCUT2D eigenvalue weighted by Gasteiger charge is -2.35. The molecule has 0 unspecified atom stereocenters. The van der Waals surface area contributed by atoms with E-state index in [0.717, 1.165) is 25.4 Å². The maximum atomic E-state index is 12.1. The lowest BCUT2D eigenvalue weighted by atomic mass is 10.2. The lowest BCUT2D eigenvalue weighted by molar-refractivity contribution is 0.0139. The molecule has 0 radical (unpaired) electrons. The molecular formula is C19H26N2O3. The van der Waals surface area contributed by atoms with Gasteiger partial charge >= 0.3 is 6.09 Å². The number of benzene rings is 1. The first-order valence-electron chi connectivity index (χ1n) is 8.23. The summed E-state index contributed by atoms with van der Waals surface area (Å²) < 4.78 is 10.8. The smallest absolute Gasteiger partial charge is 0.410 e. The largest absolute Gasteiger partial charge is 0.481 e. The predicted octanol–water partition coefficient (Wildman–Crippen LogP) is 2.75. The van der Waals surface area contributed by atoms with Gasteiger partial charge in [-0.1, -0.05) is 18.1 Å². The molecule has 0 spiro atoms. The number of rotatable bonds is 4. The van der Waals surface area contributed by atoms with Crippen molar-refractivity contribution in [1.29, 1.82) is 0 Å². The van der Waals surface area contributed by atoms with E-state index in [1.165, 1.54) is 5.56 Å². The van der Waals surface area contributed by atoms with E-state index in [4.69, 9.17) is 15.9 Å². The van der Waals surface area contributed by atoms with Crippen LogP contribution in [-0.2, 0) is 11.3 Å². The summed E-state index contributed by atoms with van der Waals surface area (Å²) >= 11 is 0. The van der Waals surface area contributed by atoms with Gasteiger partial charge in [0.1, 0.15) is 18.0 Å². The minimum atomic E-state index is -0.447. The zero-order valence-corrected chi connectivity index (χ0v) is 14.7. The summed E-state index contributed by atoms with van der Waals surface area (Å²) in [7, 11) is 0. The number of terminal acetylenes is 1. The van der Waals surface area contributed by atoms with Crippen molar-refractivity contribution in [3.63, 3.8) is 0 Å². The molecule has 24 heavy (non-hydrogen) atoms. The minimum Gasteiger partial charge on any atom is -0.481 e. The van der Waals surface area contributed by atoms with E-state index in [1.54, 1.807) is 4.90 Å². The van der Waals surface area contributed by atoms with Crippen molar-refractivity contribution in [2.24, 2.45) is 0 Å². The Morgan fingerprint density at radius 3 is 2.33 bits per heavy atom. The fourth-order valence-corrected chi connectivity index (χ4v) is 2.49. The van der Waals surface area contributed by atoms with E-state index in [-0.39, 0.29) is 12.7 Å². The molecular weight excluding hydrogens is 304 g/mol. The van der Waals surface area contributed by atoms with Gasteiger partial charge in [0.2, 0.25) is 0 Å². The summed E-state index contributed by atoms with van der Waals surface area (Å²) in [5.41, 5.74) is 0.769. The minimum absolute atomic E-state index is 0.225. The van der Waals surface area contributed by atoms with Crippen LogP contribution in [0.4, 0.5) is 4.79 Å². The first-order valence-corrected chi connectivity index (χ1v) is 8.23. The average molecular weight is 330 g/mol. The summed E-state index contributed by atoms with van der Waals surface area (Å²) in [6.07, 6.45) is 4.95. The summed E-state index contributed by atoms with van der Waals surface area (Å²) in [6.45, 7) is 9.87. The molecule has 1 fully saturated rings. The predicted molar refractivity (Wildman–Crippen MR) is 93.9 cm³/mol. The standard InChI is InChI=1S/C19H26N2O3/c1-5-14-23-17-8-6-16(7-9-17)15-20-10-12-21(13-11-20)18(22)24-19(2,3)4/h1,6-9H,10-15H2,2-4H3. The summed E-state index contributed by atoms with van der Waals surface area (Å²) in [4.78, 5) is 16.2. The second-order valence-electron chi connectivity index (χ2n) is 6.88. The first-order chi connectivity index (χ1) is 11.4. The topological polar surface area (TPSA) is 42.0 Å². The fraction of sp³-hybridized carbons (Fsp3) is 0.526. The number of carbonyl (C=O) groups excluding carboxylic acids is 1. The average Bonchev–Trinajstić information content (AvgIpc) is 2.53. The Hall–Kier alpha value is -2.19. The molecule has 0 atom stereocenters. The quantitative estimate of drug-likeness (QED) is 0.796. The fourth-order valence-electron chi connectivity index (χ4n) is 2.49. The SMILES string of the molecule is C#CCOc1ccc(CN2CCN(C(=O)OC(C)(C)C)CC2)cc1. The van der Waals surface area contributed by atoms with Gasteiger partial charge in [-0.2, -0.15) is 0 Å². The van der Waals surface area contributed by atoms with E-state index in [2.05, 4.69) is 10.8 Å². The number of hydrogen-bond donors (Lipinski definition) is 0. The second-order valence-corrected chi connectivity index (χ2v) is 6.88. The molecule has 0 N–H and O–H groups in total. The maximum absolute atomic E-state index is 12.1. The zero-order chi connectivity index (χ0) is 17.6. The Kier molecular flexibility index (Phi) is 6.10. The van der Waals surface area contributed by atoms with Gasteiger partial charge in [0.15, 0.2) is 0 Å². The molecule has 0 saturated carbocycles. The Morgan fingerprint density at radius 2 is 1.79 bits per heavy atom. The van der Waals surface area contributed by atoms with Crippen LogP contribution in [0.3, 0.4) is 0 Å². The molecule has 130 valence electrons. The van der Waals surface area contributed by atoms with Gasteiger partial charge < -0.3 is 14.4 Å². The maximum Gasteiger partial charge on any atom is 0.410 e.